The van der Waals surface area contributed by atoms with Crippen molar-refractivity contribution in [1.29, 1.82) is 0 Å². The van der Waals surface area contributed by atoms with Crippen LogP contribution in [0.25, 0.3) is 0 Å². The Morgan fingerprint density at radius 3 is 2.69 bits per heavy atom. The van der Waals surface area contributed by atoms with Crippen LogP contribution >= 0.6 is 0 Å². The second kappa shape index (κ2) is 9.00. The first kappa shape index (κ1) is 17.9. The van der Waals surface area contributed by atoms with Gasteiger partial charge in [-0.2, -0.15) is 0 Å². The van der Waals surface area contributed by atoms with Gasteiger partial charge in [-0.3, -0.25) is 0 Å². The molecule has 0 aliphatic carbocycles. The number of urea groups is 1. The molecule has 1 aliphatic rings. The van der Waals surface area contributed by atoms with Gasteiger partial charge in [0.05, 0.1) is 13.2 Å². The SMILES string of the molecule is Cc1nc(NCCNC(=O)Nc2ccccc2)cc(N2CCOCC2)n1. The summed E-state index contributed by atoms with van der Waals surface area (Å²) in [5, 5.41) is 8.82. The van der Waals surface area contributed by atoms with Gasteiger partial charge in [0.15, 0.2) is 0 Å². The average molecular weight is 356 g/mol. The number of benzene rings is 1. The molecule has 3 N–H and O–H groups in total. The van der Waals surface area contributed by atoms with Crippen molar-refractivity contribution in [2.75, 3.05) is 54.9 Å². The second-order valence-electron chi connectivity index (χ2n) is 5.93. The number of rotatable bonds is 6. The zero-order valence-corrected chi connectivity index (χ0v) is 14.9. The third kappa shape index (κ3) is 5.32. The molecule has 0 atom stereocenters. The fourth-order valence-electron chi connectivity index (χ4n) is 2.66. The quantitative estimate of drug-likeness (QED) is 0.685. The third-order valence-electron chi connectivity index (χ3n) is 3.91. The van der Waals surface area contributed by atoms with Gasteiger partial charge in [-0.1, -0.05) is 18.2 Å². The van der Waals surface area contributed by atoms with E-state index in [0.29, 0.717) is 32.1 Å². The fourth-order valence-corrected chi connectivity index (χ4v) is 2.66. The minimum absolute atomic E-state index is 0.231. The molecule has 1 aromatic heterocycles. The predicted molar refractivity (Wildman–Crippen MR) is 102 cm³/mol. The molecule has 8 heteroatoms. The molecular formula is C18H24N6O2. The number of hydrogen-bond donors (Lipinski definition) is 3. The summed E-state index contributed by atoms with van der Waals surface area (Å²) in [5.41, 5.74) is 0.763. The molecule has 0 unspecified atom stereocenters. The van der Waals surface area contributed by atoms with Crippen LogP contribution in [0.15, 0.2) is 36.4 Å². The minimum Gasteiger partial charge on any atom is -0.378 e. The lowest BCUT2D eigenvalue weighted by atomic mass is 10.3. The summed E-state index contributed by atoms with van der Waals surface area (Å²) in [6, 6.07) is 11.0. The number of ether oxygens (including phenoxy) is 1. The number of carbonyl (C=O) groups is 1. The lowest BCUT2D eigenvalue weighted by Crippen LogP contribution is -2.37. The maximum Gasteiger partial charge on any atom is 0.319 e. The normalized spacial score (nSPS) is 14.0. The zero-order chi connectivity index (χ0) is 18.2. The maximum atomic E-state index is 11.8. The standard InChI is InChI=1S/C18H24N6O2/c1-14-21-16(13-17(22-14)24-9-11-26-12-10-24)19-7-8-20-18(25)23-15-5-3-2-4-6-15/h2-6,13H,7-12H2,1H3,(H,19,21,22)(H2,20,23,25). The van der Waals surface area contributed by atoms with Gasteiger partial charge in [0, 0.05) is 37.9 Å². The smallest absolute Gasteiger partial charge is 0.319 e. The lowest BCUT2D eigenvalue weighted by molar-refractivity contribution is 0.122. The van der Waals surface area contributed by atoms with E-state index in [-0.39, 0.29) is 6.03 Å². The Balaban J connectivity index is 1.45. The number of carbonyl (C=O) groups excluding carboxylic acids is 1. The molecule has 0 radical (unpaired) electrons. The highest BCUT2D eigenvalue weighted by molar-refractivity contribution is 5.89. The van der Waals surface area contributed by atoms with Crippen LogP contribution < -0.4 is 20.9 Å². The largest absolute Gasteiger partial charge is 0.378 e. The summed E-state index contributed by atoms with van der Waals surface area (Å²) >= 11 is 0. The Kier molecular flexibility index (Phi) is 6.21. The molecule has 1 aliphatic heterocycles. The van der Waals surface area contributed by atoms with Crippen molar-refractivity contribution in [2.24, 2.45) is 0 Å². The Morgan fingerprint density at radius 1 is 1.15 bits per heavy atom. The van der Waals surface area contributed by atoms with E-state index in [2.05, 4.69) is 30.8 Å². The summed E-state index contributed by atoms with van der Waals surface area (Å²) < 4.78 is 5.38. The molecule has 0 bridgehead atoms. The van der Waals surface area contributed by atoms with E-state index in [0.717, 1.165) is 30.4 Å². The molecule has 0 spiro atoms. The Bertz CT molecular complexity index is 719. The van der Waals surface area contributed by atoms with Crippen LogP contribution in [0.3, 0.4) is 0 Å². The van der Waals surface area contributed by atoms with Crippen LogP contribution in [0.4, 0.5) is 22.1 Å². The molecule has 1 saturated heterocycles. The number of aryl methyl sites for hydroxylation is 1. The number of nitrogens with zero attached hydrogens (tertiary/aromatic N) is 3. The van der Waals surface area contributed by atoms with E-state index < -0.39 is 0 Å². The second-order valence-corrected chi connectivity index (χ2v) is 5.93. The molecule has 2 aromatic rings. The predicted octanol–water partition coefficient (Wildman–Crippen LogP) is 1.86. The molecule has 1 aromatic carbocycles. The monoisotopic (exact) mass is 356 g/mol. The molecule has 2 heterocycles. The highest BCUT2D eigenvalue weighted by atomic mass is 16.5. The van der Waals surface area contributed by atoms with Gasteiger partial charge in [-0.15, -0.1) is 0 Å². The van der Waals surface area contributed by atoms with E-state index in [1.165, 1.54) is 0 Å². The number of para-hydroxylation sites is 1. The number of hydrogen-bond acceptors (Lipinski definition) is 6. The van der Waals surface area contributed by atoms with Crippen molar-refractivity contribution >= 4 is 23.4 Å². The maximum absolute atomic E-state index is 11.8. The summed E-state index contributed by atoms with van der Waals surface area (Å²) in [6.07, 6.45) is 0. The number of anilines is 3. The van der Waals surface area contributed by atoms with Crippen LogP contribution in [-0.4, -0.2) is 55.4 Å². The average Bonchev–Trinajstić information content (AvgIpc) is 2.66. The lowest BCUT2D eigenvalue weighted by Gasteiger charge is -2.28. The van der Waals surface area contributed by atoms with E-state index >= 15 is 0 Å². The van der Waals surface area contributed by atoms with Crippen LogP contribution in [0.5, 0.6) is 0 Å². The number of aromatic nitrogens is 2. The van der Waals surface area contributed by atoms with Gasteiger partial charge >= 0.3 is 6.03 Å². The van der Waals surface area contributed by atoms with Crippen LogP contribution in [-0.2, 0) is 4.74 Å². The van der Waals surface area contributed by atoms with Gasteiger partial charge < -0.3 is 25.6 Å². The number of amides is 2. The van der Waals surface area contributed by atoms with E-state index in [9.17, 15) is 4.79 Å². The summed E-state index contributed by atoms with van der Waals surface area (Å²) in [6.45, 7) is 6.02. The summed E-state index contributed by atoms with van der Waals surface area (Å²) in [7, 11) is 0. The van der Waals surface area contributed by atoms with Crippen LogP contribution in [0.2, 0.25) is 0 Å². The molecule has 26 heavy (non-hydrogen) atoms. The molecule has 0 saturated carbocycles. The van der Waals surface area contributed by atoms with Gasteiger partial charge in [0.25, 0.3) is 0 Å². The minimum atomic E-state index is -0.231. The molecule has 138 valence electrons. The Labute approximate surface area is 153 Å². The van der Waals surface area contributed by atoms with Crippen molar-refractivity contribution in [1.82, 2.24) is 15.3 Å². The summed E-state index contributed by atoms with van der Waals surface area (Å²) in [5.74, 6) is 2.37. The zero-order valence-electron chi connectivity index (χ0n) is 14.9. The van der Waals surface area contributed by atoms with Gasteiger partial charge in [-0.05, 0) is 19.1 Å². The molecule has 3 rings (SSSR count). The number of nitrogens with one attached hydrogen (secondary N) is 3. The van der Waals surface area contributed by atoms with E-state index in [1.54, 1.807) is 0 Å². The van der Waals surface area contributed by atoms with E-state index in [1.807, 2.05) is 43.3 Å². The van der Waals surface area contributed by atoms with E-state index in [4.69, 9.17) is 4.74 Å². The Morgan fingerprint density at radius 2 is 1.92 bits per heavy atom. The van der Waals surface area contributed by atoms with Crippen molar-refractivity contribution in [3.63, 3.8) is 0 Å². The highest BCUT2D eigenvalue weighted by Gasteiger charge is 2.14. The van der Waals surface area contributed by atoms with Crippen LogP contribution in [0, 0.1) is 6.92 Å². The van der Waals surface area contributed by atoms with Crippen LogP contribution in [0.1, 0.15) is 5.82 Å². The van der Waals surface area contributed by atoms with Gasteiger partial charge in [0.1, 0.15) is 17.5 Å². The van der Waals surface area contributed by atoms with Crippen molar-refractivity contribution in [2.45, 2.75) is 6.92 Å². The first-order valence-electron chi connectivity index (χ1n) is 8.73. The molecule has 8 nitrogen and oxygen atoms in total. The van der Waals surface area contributed by atoms with Gasteiger partial charge in [0.2, 0.25) is 0 Å². The fraction of sp³-hybridized carbons (Fsp3) is 0.389. The first-order valence-corrected chi connectivity index (χ1v) is 8.73. The summed E-state index contributed by atoms with van der Waals surface area (Å²) in [4.78, 5) is 22.9. The van der Waals surface area contributed by atoms with Crippen molar-refractivity contribution in [3.8, 4) is 0 Å². The van der Waals surface area contributed by atoms with Crippen molar-refractivity contribution in [3.05, 3.63) is 42.2 Å². The van der Waals surface area contributed by atoms with Crippen molar-refractivity contribution < 1.29 is 9.53 Å². The molecule has 2 amide bonds. The number of morpholine rings is 1. The first-order chi connectivity index (χ1) is 12.7. The Hall–Kier alpha value is -2.87. The van der Waals surface area contributed by atoms with Gasteiger partial charge in [-0.25, -0.2) is 14.8 Å². The molecular weight excluding hydrogens is 332 g/mol. The third-order valence-corrected chi connectivity index (χ3v) is 3.91. The highest BCUT2D eigenvalue weighted by Crippen LogP contribution is 2.16. The molecule has 1 fully saturated rings. The topological polar surface area (TPSA) is 91.4 Å².